The highest BCUT2D eigenvalue weighted by Crippen LogP contribution is 2.27. The number of aliphatic imine (C=N–C) groups is 1. The van der Waals surface area contributed by atoms with E-state index in [4.69, 9.17) is 4.74 Å². The Balaban J connectivity index is 0.00000338. The first-order chi connectivity index (χ1) is 12.2. The van der Waals surface area contributed by atoms with Crippen LogP contribution in [0.3, 0.4) is 0 Å². The van der Waals surface area contributed by atoms with Crippen molar-refractivity contribution in [3.05, 3.63) is 65.7 Å². The van der Waals surface area contributed by atoms with Gasteiger partial charge in [0, 0.05) is 25.7 Å². The molecule has 0 aliphatic rings. The van der Waals surface area contributed by atoms with Crippen LogP contribution in [0, 0.1) is 0 Å². The minimum atomic E-state index is 0. The van der Waals surface area contributed by atoms with Crippen LogP contribution in [0.2, 0.25) is 0 Å². The first-order valence-corrected chi connectivity index (χ1v) is 8.43. The SMILES string of the molecule is CN=C(NCc1ccccc1)NCC(c1ccccc1OC)N(C)C.I. The molecule has 0 amide bonds. The standard InChI is InChI=1S/C20H28N4O.HI/c1-21-20(22-14-16-10-6-5-7-11-16)23-15-18(24(2)3)17-12-8-9-13-19(17)25-4;/h5-13,18H,14-15H2,1-4H3,(H2,21,22,23);1H. The number of halogens is 1. The van der Waals surface area contributed by atoms with E-state index >= 15 is 0 Å². The van der Waals surface area contributed by atoms with Gasteiger partial charge in [-0.1, -0.05) is 48.5 Å². The Hall–Kier alpha value is -1.80. The maximum absolute atomic E-state index is 5.51. The summed E-state index contributed by atoms with van der Waals surface area (Å²) in [5.74, 6) is 1.68. The van der Waals surface area contributed by atoms with E-state index in [0.29, 0.717) is 0 Å². The molecule has 0 saturated heterocycles. The molecule has 0 aromatic heterocycles. The Morgan fingerprint density at radius 3 is 2.31 bits per heavy atom. The average Bonchev–Trinajstić information content (AvgIpc) is 2.65. The number of rotatable bonds is 7. The highest BCUT2D eigenvalue weighted by molar-refractivity contribution is 14.0. The van der Waals surface area contributed by atoms with E-state index in [2.05, 4.69) is 52.8 Å². The second-order valence-electron chi connectivity index (χ2n) is 6.01. The molecule has 0 aliphatic carbocycles. The molecule has 1 atom stereocenters. The molecule has 0 heterocycles. The predicted molar refractivity (Wildman–Crippen MR) is 119 cm³/mol. The lowest BCUT2D eigenvalue weighted by Gasteiger charge is -2.27. The number of methoxy groups -OCH3 is 1. The molecule has 0 saturated carbocycles. The maximum atomic E-state index is 5.51. The molecule has 0 radical (unpaired) electrons. The smallest absolute Gasteiger partial charge is 0.191 e. The van der Waals surface area contributed by atoms with Gasteiger partial charge < -0.3 is 20.3 Å². The molecular weight excluding hydrogens is 439 g/mol. The van der Waals surface area contributed by atoms with Crippen LogP contribution in [0.1, 0.15) is 17.2 Å². The first kappa shape index (κ1) is 22.2. The summed E-state index contributed by atoms with van der Waals surface area (Å²) in [6, 6.07) is 18.6. The largest absolute Gasteiger partial charge is 0.496 e. The summed E-state index contributed by atoms with van der Waals surface area (Å²) >= 11 is 0. The van der Waals surface area contributed by atoms with Crippen LogP contribution in [-0.4, -0.2) is 45.7 Å². The van der Waals surface area contributed by atoms with E-state index in [1.54, 1.807) is 14.2 Å². The summed E-state index contributed by atoms with van der Waals surface area (Å²) in [5.41, 5.74) is 2.38. The Morgan fingerprint density at radius 2 is 1.69 bits per heavy atom. The van der Waals surface area contributed by atoms with E-state index in [1.807, 2.05) is 36.4 Å². The number of nitrogens with zero attached hydrogens (tertiary/aromatic N) is 2. The van der Waals surface area contributed by atoms with Gasteiger partial charge in [0.25, 0.3) is 0 Å². The van der Waals surface area contributed by atoms with Gasteiger partial charge in [0.15, 0.2) is 5.96 Å². The van der Waals surface area contributed by atoms with Gasteiger partial charge in [-0.05, 0) is 25.7 Å². The van der Waals surface area contributed by atoms with Gasteiger partial charge in [-0.15, -0.1) is 24.0 Å². The van der Waals surface area contributed by atoms with Crippen LogP contribution in [0.25, 0.3) is 0 Å². The number of hydrogen-bond acceptors (Lipinski definition) is 3. The molecular formula is C20H29IN4O. The van der Waals surface area contributed by atoms with E-state index in [1.165, 1.54) is 5.56 Å². The van der Waals surface area contributed by atoms with Crippen molar-refractivity contribution in [3.8, 4) is 5.75 Å². The first-order valence-electron chi connectivity index (χ1n) is 8.43. The molecule has 2 aromatic carbocycles. The molecule has 2 rings (SSSR count). The number of guanidine groups is 1. The number of nitrogens with one attached hydrogen (secondary N) is 2. The Labute approximate surface area is 173 Å². The second kappa shape index (κ2) is 11.7. The third kappa shape index (κ3) is 6.49. The Bertz CT molecular complexity index is 677. The molecule has 0 fully saturated rings. The van der Waals surface area contributed by atoms with Gasteiger partial charge in [-0.2, -0.15) is 0 Å². The van der Waals surface area contributed by atoms with Crippen molar-refractivity contribution in [2.45, 2.75) is 12.6 Å². The predicted octanol–water partition coefficient (Wildman–Crippen LogP) is 3.28. The fourth-order valence-electron chi connectivity index (χ4n) is 2.71. The van der Waals surface area contributed by atoms with Crippen molar-refractivity contribution in [1.29, 1.82) is 0 Å². The van der Waals surface area contributed by atoms with Crippen molar-refractivity contribution in [3.63, 3.8) is 0 Å². The monoisotopic (exact) mass is 468 g/mol. The Morgan fingerprint density at radius 1 is 1.04 bits per heavy atom. The van der Waals surface area contributed by atoms with E-state index < -0.39 is 0 Å². The van der Waals surface area contributed by atoms with Crippen molar-refractivity contribution < 1.29 is 4.74 Å². The maximum Gasteiger partial charge on any atom is 0.191 e. The molecule has 5 nitrogen and oxygen atoms in total. The third-order valence-corrected chi connectivity index (χ3v) is 4.11. The normalized spacial score (nSPS) is 12.3. The van der Waals surface area contributed by atoms with Gasteiger partial charge >= 0.3 is 0 Å². The van der Waals surface area contributed by atoms with E-state index in [0.717, 1.165) is 30.4 Å². The average molecular weight is 468 g/mol. The summed E-state index contributed by atoms with van der Waals surface area (Å²) in [7, 11) is 7.63. The quantitative estimate of drug-likeness (QED) is 0.372. The van der Waals surface area contributed by atoms with Gasteiger partial charge in [0.2, 0.25) is 0 Å². The number of likely N-dealkylation sites (N-methyl/N-ethyl adjacent to an activating group) is 1. The van der Waals surface area contributed by atoms with Crippen molar-refractivity contribution in [2.75, 3.05) is 34.8 Å². The van der Waals surface area contributed by atoms with Gasteiger partial charge in [-0.25, -0.2) is 0 Å². The van der Waals surface area contributed by atoms with Crippen LogP contribution in [0.5, 0.6) is 5.75 Å². The molecule has 26 heavy (non-hydrogen) atoms. The van der Waals surface area contributed by atoms with Crippen molar-refractivity contribution in [2.24, 2.45) is 4.99 Å². The highest BCUT2D eigenvalue weighted by atomic mass is 127. The summed E-state index contributed by atoms with van der Waals surface area (Å²) in [4.78, 5) is 6.49. The number of hydrogen-bond donors (Lipinski definition) is 2. The van der Waals surface area contributed by atoms with E-state index in [-0.39, 0.29) is 30.0 Å². The van der Waals surface area contributed by atoms with Gasteiger partial charge in [0.05, 0.1) is 13.2 Å². The van der Waals surface area contributed by atoms with Crippen molar-refractivity contribution in [1.82, 2.24) is 15.5 Å². The second-order valence-corrected chi connectivity index (χ2v) is 6.01. The lowest BCUT2D eigenvalue weighted by atomic mass is 10.0. The van der Waals surface area contributed by atoms with E-state index in [9.17, 15) is 0 Å². The Kier molecular flexibility index (Phi) is 10.0. The summed E-state index contributed by atoms with van der Waals surface area (Å²) < 4.78 is 5.51. The molecule has 2 N–H and O–H groups in total. The van der Waals surface area contributed by atoms with Crippen LogP contribution in [-0.2, 0) is 6.54 Å². The summed E-state index contributed by atoms with van der Waals surface area (Å²) in [6.45, 7) is 1.46. The summed E-state index contributed by atoms with van der Waals surface area (Å²) in [5, 5.41) is 6.76. The van der Waals surface area contributed by atoms with Crippen LogP contribution in [0.4, 0.5) is 0 Å². The molecule has 2 aromatic rings. The molecule has 0 bridgehead atoms. The third-order valence-electron chi connectivity index (χ3n) is 4.11. The fourth-order valence-corrected chi connectivity index (χ4v) is 2.71. The molecule has 0 aliphatic heterocycles. The fraction of sp³-hybridized carbons (Fsp3) is 0.350. The lowest BCUT2D eigenvalue weighted by molar-refractivity contribution is 0.287. The molecule has 142 valence electrons. The lowest BCUT2D eigenvalue weighted by Crippen LogP contribution is -2.41. The van der Waals surface area contributed by atoms with Gasteiger partial charge in [0.1, 0.15) is 5.75 Å². The highest BCUT2D eigenvalue weighted by Gasteiger charge is 2.18. The minimum Gasteiger partial charge on any atom is -0.496 e. The number of ether oxygens (including phenoxy) is 1. The topological polar surface area (TPSA) is 48.9 Å². The summed E-state index contributed by atoms with van der Waals surface area (Å²) in [6.07, 6.45) is 0. The zero-order valence-corrected chi connectivity index (χ0v) is 18.2. The molecule has 0 spiro atoms. The van der Waals surface area contributed by atoms with Crippen LogP contribution < -0.4 is 15.4 Å². The number of para-hydroxylation sites is 1. The van der Waals surface area contributed by atoms with Crippen LogP contribution in [0.15, 0.2) is 59.6 Å². The van der Waals surface area contributed by atoms with Gasteiger partial charge in [-0.3, -0.25) is 4.99 Å². The van der Waals surface area contributed by atoms with Crippen LogP contribution >= 0.6 is 24.0 Å². The molecule has 6 heteroatoms. The zero-order chi connectivity index (χ0) is 18.1. The zero-order valence-electron chi connectivity index (χ0n) is 15.9. The minimum absolute atomic E-state index is 0. The molecule has 1 unspecified atom stereocenters. The van der Waals surface area contributed by atoms with Crippen molar-refractivity contribution >= 4 is 29.9 Å². The number of benzene rings is 2.